The summed E-state index contributed by atoms with van der Waals surface area (Å²) in [6.07, 6.45) is 0. The zero-order valence-corrected chi connectivity index (χ0v) is 13.2. The van der Waals surface area contributed by atoms with E-state index in [1.165, 1.54) is 16.8 Å². The molecule has 2 aromatic rings. The number of hydrogen-bond donors (Lipinski definition) is 1. The maximum atomic E-state index is 3.54. The Kier molecular flexibility index (Phi) is 4.48. The second-order valence-corrected chi connectivity index (χ2v) is 5.65. The summed E-state index contributed by atoms with van der Waals surface area (Å²) in [5.74, 6) is 0. The van der Waals surface area contributed by atoms with Gasteiger partial charge in [-0.05, 0) is 42.3 Å². The van der Waals surface area contributed by atoms with E-state index in [0.29, 0.717) is 0 Å². The fourth-order valence-electron chi connectivity index (χ4n) is 2.18. The highest BCUT2D eigenvalue weighted by molar-refractivity contribution is 9.10. The monoisotopic (exact) mass is 318 g/mol. The number of halogens is 1. The van der Waals surface area contributed by atoms with Gasteiger partial charge < -0.3 is 10.2 Å². The summed E-state index contributed by atoms with van der Waals surface area (Å²) < 4.78 is 1.11. The highest BCUT2D eigenvalue weighted by Crippen LogP contribution is 2.25. The van der Waals surface area contributed by atoms with Crippen LogP contribution in [0.2, 0.25) is 0 Å². The van der Waals surface area contributed by atoms with Crippen LogP contribution in [0.15, 0.2) is 46.9 Å². The van der Waals surface area contributed by atoms with Gasteiger partial charge in [0, 0.05) is 36.5 Å². The predicted octanol–water partition coefficient (Wildman–Crippen LogP) is 4.44. The summed E-state index contributed by atoms with van der Waals surface area (Å²) in [6, 6.07) is 14.9. The fraction of sp³-hybridized carbons (Fsp3) is 0.250. The molecule has 0 radical (unpaired) electrons. The molecule has 0 aliphatic rings. The molecule has 19 heavy (non-hydrogen) atoms. The molecule has 1 N–H and O–H groups in total. The molecule has 0 bridgehead atoms. The summed E-state index contributed by atoms with van der Waals surface area (Å²) in [4.78, 5) is 2.27. The zero-order valence-electron chi connectivity index (χ0n) is 11.6. The first-order valence-corrected chi connectivity index (χ1v) is 7.13. The van der Waals surface area contributed by atoms with E-state index in [-0.39, 0.29) is 0 Å². The topological polar surface area (TPSA) is 15.3 Å². The largest absolute Gasteiger partial charge is 0.388 e. The number of aryl methyl sites for hydroxylation is 1. The van der Waals surface area contributed by atoms with Crippen LogP contribution in [0.1, 0.15) is 11.1 Å². The second-order valence-electron chi connectivity index (χ2n) is 4.74. The van der Waals surface area contributed by atoms with Gasteiger partial charge in [-0.15, -0.1) is 0 Å². The van der Waals surface area contributed by atoms with Crippen molar-refractivity contribution < 1.29 is 0 Å². The van der Waals surface area contributed by atoms with Crippen molar-refractivity contribution in [2.75, 3.05) is 24.3 Å². The Bertz CT molecular complexity index is 566. The minimum absolute atomic E-state index is 0.896. The number of anilines is 2. The van der Waals surface area contributed by atoms with Crippen LogP contribution in [-0.2, 0) is 6.54 Å². The summed E-state index contributed by atoms with van der Waals surface area (Å²) in [5.41, 5.74) is 4.99. The van der Waals surface area contributed by atoms with Gasteiger partial charge in [-0.1, -0.05) is 34.1 Å². The number of hydrogen-bond acceptors (Lipinski definition) is 2. The van der Waals surface area contributed by atoms with Crippen molar-refractivity contribution in [3.8, 4) is 0 Å². The number of nitrogens with one attached hydrogen (secondary N) is 1. The van der Waals surface area contributed by atoms with Crippen molar-refractivity contribution in [2.24, 2.45) is 0 Å². The first-order valence-electron chi connectivity index (χ1n) is 6.34. The Morgan fingerprint density at radius 1 is 1.16 bits per heavy atom. The number of benzene rings is 2. The first-order chi connectivity index (χ1) is 9.10. The van der Waals surface area contributed by atoms with Crippen molar-refractivity contribution in [1.82, 2.24) is 0 Å². The molecule has 100 valence electrons. The summed E-state index contributed by atoms with van der Waals surface area (Å²) in [7, 11) is 4.07. The molecule has 3 heteroatoms. The van der Waals surface area contributed by atoms with Crippen molar-refractivity contribution in [3.63, 3.8) is 0 Å². The molecule has 2 nitrogen and oxygen atoms in total. The molecule has 2 rings (SSSR count). The highest BCUT2D eigenvalue weighted by atomic mass is 79.9. The van der Waals surface area contributed by atoms with Gasteiger partial charge in [0.15, 0.2) is 0 Å². The standard InChI is InChI=1S/C16H19BrN2/c1-12-7-8-14(17)10-16(12)19(3)11-13-5-4-6-15(9-13)18-2/h4-10,18H,11H2,1-3H3. The summed E-state index contributed by atoms with van der Waals surface area (Å²) in [6.45, 7) is 3.04. The smallest absolute Gasteiger partial charge is 0.0427 e. The van der Waals surface area contributed by atoms with Gasteiger partial charge in [0.2, 0.25) is 0 Å². The Morgan fingerprint density at radius 3 is 2.68 bits per heavy atom. The van der Waals surface area contributed by atoms with Crippen molar-refractivity contribution in [2.45, 2.75) is 13.5 Å². The Hall–Kier alpha value is -1.48. The molecule has 2 aromatic carbocycles. The lowest BCUT2D eigenvalue weighted by atomic mass is 10.1. The van der Waals surface area contributed by atoms with Crippen LogP contribution in [0.5, 0.6) is 0 Å². The highest BCUT2D eigenvalue weighted by Gasteiger charge is 2.06. The molecular weight excluding hydrogens is 300 g/mol. The quantitative estimate of drug-likeness (QED) is 0.896. The Morgan fingerprint density at radius 2 is 1.95 bits per heavy atom. The molecular formula is C16H19BrN2. The fourth-order valence-corrected chi connectivity index (χ4v) is 2.53. The van der Waals surface area contributed by atoms with Gasteiger partial charge in [0.25, 0.3) is 0 Å². The van der Waals surface area contributed by atoms with E-state index >= 15 is 0 Å². The maximum Gasteiger partial charge on any atom is 0.0427 e. The minimum atomic E-state index is 0.896. The molecule has 0 spiro atoms. The van der Waals surface area contributed by atoms with E-state index in [4.69, 9.17) is 0 Å². The van der Waals surface area contributed by atoms with Gasteiger partial charge in [-0.3, -0.25) is 0 Å². The van der Waals surface area contributed by atoms with Gasteiger partial charge in [0.1, 0.15) is 0 Å². The third-order valence-corrected chi connectivity index (χ3v) is 3.71. The normalized spacial score (nSPS) is 10.3. The SMILES string of the molecule is CNc1cccc(CN(C)c2cc(Br)ccc2C)c1. The van der Waals surface area contributed by atoms with Crippen LogP contribution < -0.4 is 10.2 Å². The van der Waals surface area contributed by atoms with E-state index in [1.54, 1.807) is 0 Å². The second kappa shape index (κ2) is 6.11. The van der Waals surface area contributed by atoms with Gasteiger partial charge in [-0.25, -0.2) is 0 Å². The molecule has 0 fully saturated rings. The predicted molar refractivity (Wildman–Crippen MR) is 87.0 cm³/mol. The third kappa shape index (κ3) is 3.51. The van der Waals surface area contributed by atoms with Crippen LogP contribution in [-0.4, -0.2) is 14.1 Å². The zero-order chi connectivity index (χ0) is 13.8. The van der Waals surface area contributed by atoms with Crippen LogP contribution in [0.3, 0.4) is 0 Å². The van der Waals surface area contributed by atoms with Crippen molar-refractivity contribution in [1.29, 1.82) is 0 Å². The molecule has 0 atom stereocenters. The first kappa shape index (κ1) is 13.9. The third-order valence-electron chi connectivity index (χ3n) is 3.22. The van der Waals surface area contributed by atoms with Crippen LogP contribution in [0.25, 0.3) is 0 Å². The van der Waals surface area contributed by atoms with Gasteiger partial charge >= 0.3 is 0 Å². The summed E-state index contributed by atoms with van der Waals surface area (Å²) in [5, 5.41) is 3.17. The molecule has 0 amide bonds. The molecule has 0 saturated heterocycles. The Labute approximate surface area is 123 Å². The van der Waals surface area contributed by atoms with E-state index in [2.05, 4.69) is 82.6 Å². The van der Waals surface area contributed by atoms with Crippen LogP contribution in [0, 0.1) is 6.92 Å². The molecule has 0 saturated carbocycles. The van der Waals surface area contributed by atoms with E-state index in [1.807, 2.05) is 7.05 Å². The van der Waals surface area contributed by atoms with Gasteiger partial charge in [0.05, 0.1) is 0 Å². The molecule has 0 aliphatic heterocycles. The van der Waals surface area contributed by atoms with E-state index < -0.39 is 0 Å². The average molecular weight is 319 g/mol. The molecule has 0 aliphatic carbocycles. The molecule has 0 heterocycles. The molecule has 0 aromatic heterocycles. The van der Waals surface area contributed by atoms with E-state index in [0.717, 1.165) is 16.7 Å². The van der Waals surface area contributed by atoms with E-state index in [9.17, 15) is 0 Å². The maximum absolute atomic E-state index is 3.54. The Balaban J connectivity index is 2.20. The number of nitrogens with zero attached hydrogens (tertiary/aromatic N) is 1. The lowest BCUT2D eigenvalue weighted by molar-refractivity contribution is 0.917. The van der Waals surface area contributed by atoms with Crippen LogP contribution in [0.4, 0.5) is 11.4 Å². The summed E-state index contributed by atoms with van der Waals surface area (Å²) >= 11 is 3.54. The lowest BCUT2D eigenvalue weighted by Crippen LogP contribution is -2.17. The van der Waals surface area contributed by atoms with Crippen molar-refractivity contribution >= 4 is 27.3 Å². The van der Waals surface area contributed by atoms with Crippen molar-refractivity contribution in [3.05, 3.63) is 58.1 Å². The van der Waals surface area contributed by atoms with Gasteiger partial charge in [-0.2, -0.15) is 0 Å². The van der Waals surface area contributed by atoms with Crippen LogP contribution >= 0.6 is 15.9 Å². The number of rotatable bonds is 4. The average Bonchev–Trinajstić information content (AvgIpc) is 2.41. The minimum Gasteiger partial charge on any atom is -0.388 e. The molecule has 0 unspecified atom stereocenters. The lowest BCUT2D eigenvalue weighted by Gasteiger charge is -2.22.